The number of benzene rings is 1. The van der Waals surface area contributed by atoms with Crippen LogP contribution in [0.4, 0.5) is 5.82 Å². The van der Waals surface area contributed by atoms with Gasteiger partial charge in [0, 0.05) is 25.6 Å². The molecule has 3 rings (SSSR count). The molecule has 1 aromatic heterocycles. The number of aryl methyl sites for hydroxylation is 1. The van der Waals surface area contributed by atoms with Gasteiger partial charge in [-0.15, -0.1) is 10.2 Å². The van der Waals surface area contributed by atoms with Gasteiger partial charge in [0.15, 0.2) is 5.69 Å². The van der Waals surface area contributed by atoms with Gasteiger partial charge in [-0.05, 0) is 30.5 Å². The molecule has 24 heavy (non-hydrogen) atoms. The Morgan fingerprint density at radius 2 is 2.08 bits per heavy atom. The number of aromatic nitrogens is 2. The molecule has 0 radical (unpaired) electrons. The van der Waals surface area contributed by atoms with Crippen molar-refractivity contribution in [2.75, 3.05) is 18.4 Å². The Hall–Kier alpha value is -2.94. The van der Waals surface area contributed by atoms with Crippen LogP contribution in [-0.4, -0.2) is 40.1 Å². The lowest BCUT2D eigenvalue weighted by atomic mass is 10.1. The third kappa shape index (κ3) is 4.07. The molecule has 1 amide bonds. The predicted molar refractivity (Wildman–Crippen MR) is 90.1 cm³/mol. The van der Waals surface area contributed by atoms with Crippen molar-refractivity contribution in [2.45, 2.75) is 25.3 Å². The molecular formula is C18H19N5O. The zero-order valence-electron chi connectivity index (χ0n) is 13.4. The molecule has 1 saturated heterocycles. The van der Waals surface area contributed by atoms with E-state index in [0.29, 0.717) is 24.5 Å². The molecular weight excluding hydrogens is 302 g/mol. The lowest BCUT2D eigenvalue weighted by Gasteiger charge is -2.17. The van der Waals surface area contributed by atoms with Crippen molar-refractivity contribution in [3.8, 4) is 6.07 Å². The maximum absolute atomic E-state index is 12.3. The van der Waals surface area contributed by atoms with Crippen molar-refractivity contribution in [1.82, 2.24) is 15.1 Å². The Bertz CT molecular complexity index is 723. The quantitative estimate of drug-likeness (QED) is 0.911. The van der Waals surface area contributed by atoms with E-state index in [4.69, 9.17) is 5.26 Å². The van der Waals surface area contributed by atoms with Gasteiger partial charge in [0.1, 0.15) is 11.9 Å². The van der Waals surface area contributed by atoms with Crippen LogP contribution < -0.4 is 5.32 Å². The van der Waals surface area contributed by atoms with E-state index < -0.39 is 0 Å². The molecule has 6 heteroatoms. The summed E-state index contributed by atoms with van der Waals surface area (Å²) in [5.74, 6) is 0.826. The lowest BCUT2D eigenvalue weighted by Crippen LogP contribution is -2.31. The Morgan fingerprint density at radius 1 is 1.25 bits per heavy atom. The van der Waals surface area contributed by atoms with E-state index in [9.17, 15) is 4.79 Å². The van der Waals surface area contributed by atoms with Crippen LogP contribution in [-0.2, 0) is 11.2 Å². The third-order valence-corrected chi connectivity index (χ3v) is 4.14. The van der Waals surface area contributed by atoms with E-state index in [1.54, 1.807) is 12.1 Å². The van der Waals surface area contributed by atoms with Crippen LogP contribution in [0.15, 0.2) is 42.5 Å². The van der Waals surface area contributed by atoms with E-state index >= 15 is 0 Å². The maximum atomic E-state index is 12.3. The normalized spacial score (nSPS) is 16.6. The zero-order chi connectivity index (χ0) is 16.8. The highest BCUT2D eigenvalue weighted by Crippen LogP contribution is 2.16. The Balaban J connectivity index is 1.47. The maximum Gasteiger partial charge on any atom is 0.222 e. The molecule has 2 heterocycles. The summed E-state index contributed by atoms with van der Waals surface area (Å²) >= 11 is 0. The van der Waals surface area contributed by atoms with Gasteiger partial charge in [-0.1, -0.05) is 30.3 Å². The fourth-order valence-corrected chi connectivity index (χ4v) is 2.84. The number of nitrogens with one attached hydrogen (secondary N) is 1. The number of anilines is 1. The van der Waals surface area contributed by atoms with Crippen molar-refractivity contribution >= 4 is 11.7 Å². The molecule has 122 valence electrons. The molecule has 1 N–H and O–H groups in total. The van der Waals surface area contributed by atoms with Gasteiger partial charge >= 0.3 is 0 Å². The highest BCUT2D eigenvalue weighted by atomic mass is 16.2. The minimum atomic E-state index is 0.174. The van der Waals surface area contributed by atoms with Crippen molar-refractivity contribution in [1.29, 1.82) is 5.26 Å². The second-order valence-electron chi connectivity index (χ2n) is 5.87. The molecule has 0 aliphatic carbocycles. The highest BCUT2D eigenvalue weighted by molar-refractivity contribution is 5.77. The highest BCUT2D eigenvalue weighted by Gasteiger charge is 2.26. The minimum absolute atomic E-state index is 0.174. The van der Waals surface area contributed by atoms with E-state index in [1.165, 1.54) is 5.56 Å². The van der Waals surface area contributed by atoms with E-state index in [2.05, 4.69) is 15.5 Å². The van der Waals surface area contributed by atoms with Gasteiger partial charge in [0.25, 0.3) is 0 Å². The Labute approximate surface area is 141 Å². The van der Waals surface area contributed by atoms with Crippen LogP contribution >= 0.6 is 0 Å². The monoisotopic (exact) mass is 321 g/mol. The van der Waals surface area contributed by atoms with Gasteiger partial charge < -0.3 is 10.2 Å². The topological polar surface area (TPSA) is 81.9 Å². The molecule has 1 aliphatic heterocycles. The first-order chi connectivity index (χ1) is 11.7. The minimum Gasteiger partial charge on any atom is -0.364 e. The lowest BCUT2D eigenvalue weighted by molar-refractivity contribution is -0.130. The summed E-state index contributed by atoms with van der Waals surface area (Å²) in [4.78, 5) is 14.2. The summed E-state index contributed by atoms with van der Waals surface area (Å²) in [5.41, 5.74) is 1.48. The van der Waals surface area contributed by atoms with Gasteiger partial charge in [-0.3, -0.25) is 4.79 Å². The number of nitrogens with zero attached hydrogens (tertiary/aromatic N) is 4. The standard InChI is InChI=1S/C18H19N5O/c19-12-15-7-8-17(22-21-15)20-16-10-11-23(13-16)18(24)9-6-14-4-2-1-3-5-14/h1-5,7-8,16H,6,9-11,13H2,(H,20,22). The smallest absolute Gasteiger partial charge is 0.222 e. The molecule has 1 atom stereocenters. The first-order valence-corrected chi connectivity index (χ1v) is 8.06. The second-order valence-corrected chi connectivity index (χ2v) is 5.87. The number of likely N-dealkylation sites (tertiary alicyclic amines) is 1. The van der Waals surface area contributed by atoms with Crippen LogP contribution in [0, 0.1) is 11.3 Å². The Kier molecular flexibility index (Phi) is 5.02. The molecule has 0 spiro atoms. The second kappa shape index (κ2) is 7.55. The first kappa shape index (κ1) is 15.9. The average Bonchev–Trinajstić information content (AvgIpc) is 3.10. The average molecular weight is 321 g/mol. The van der Waals surface area contributed by atoms with Gasteiger partial charge in [-0.25, -0.2) is 0 Å². The molecule has 6 nitrogen and oxygen atoms in total. The number of nitriles is 1. The zero-order valence-corrected chi connectivity index (χ0v) is 13.4. The third-order valence-electron chi connectivity index (χ3n) is 4.14. The molecule has 1 aliphatic rings. The first-order valence-electron chi connectivity index (χ1n) is 8.06. The SMILES string of the molecule is N#Cc1ccc(NC2CCN(C(=O)CCc3ccccc3)C2)nn1. The fourth-order valence-electron chi connectivity index (χ4n) is 2.84. The van der Waals surface area contributed by atoms with Gasteiger partial charge in [0.05, 0.1) is 0 Å². The fraction of sp³-hybridized carbons (Fsp3) is 0.333. The van der Waals surface area contributed by atoms with E-state index in [1.807, 2.05) is 41.3 Å². The van der Waals surface area contributed by atoms with Crippen molar-refractivity contribution in [2.24, 2.45) is 0 Å². The molecule has 0 bridgehead atoms. The summed E-state index contributed by atoms with van der Waals surface area (Å²) in [7, 11) is 0. The Morgan fingerprint density at radius 3 is 2.79 bits per heavy atom. The van der Waals surface area contributed by atoms with Crippen LogP contribution in [0.2, 0.25) is 0 Å². The predicted octanol–water partition coefficient (Wildman–Crippen LogP) is 1.99. The van der Waals surface area contributed by atoms with Crippen molar-refractivity contribution < 1.29 is 4.79 Å². The van der Waals surface area contributed by atoms with E-state index in [0.717, 1.165) is 19.4 Å². The summed E-state index contributed by atoms with van der Waals surface area (Å²) in [5, 5.41) is 19.8. The molecule has 1 aromatic carbocycles. The summed E-state index contributed by atoms with van der Waals surface area (Å²) in [6.45, 7) is 1.43. The number of rotatable bonds is 5. The number of carbonyl (C=O) groups excluding carboxylic acids is 1. The van der Waals surface area contributed by atoms with Gasteiger partial charge in [-0.2, -0.15) is 5.26 Å². The van der Waals surface area contributed by atoms with Gasteiger partial charge in [0.2, 0.25) is 5.91 Å². The summed E-state index contributed by atoms with van der Waals surface area (Å²) in [6, 6.07) is 15.6. The molecule has 0 saturated carbocycles. The summed E-state index contributed by atoms with van der Waals surface area (Å²) in [6.07, 6.45) is 2.20. The van der Waals surface area contributed by atoms with Crippen LogP contribution in [0.25, 0.3) is 0 Å². The van der Waals surface area contributed by atoms with E-state index in [-0.39, 0.29) is 11.9 Å². The van der Waals surface area contributed by atoms with Crippen LogP contribution in [0.3, 0.4) is 0 Å². The number of hydrogen-bond donors (Lipinski definition) is 1. The largest absolute Gasteiger partial charge is 0.364 e. The molecule has 2 aromatic rings. The molecule has 1 fully saturated rings. The molecule has 1 unspecified atom stereocenters. The number of carbonyl (C=O) groups is 1. The van der Waals surface area contributed by atoms with Crippen molar-refractivity contribution in [3.05, 3.63) is 53.7 Å². The van der Waals surface area contributed by atoms with Crippen LogP contribution in [0.1, 0.15) is 24.1 Å². The number of amides is 1. The number of hydrogen-bond acceptors (Lipinski definition) is 5. The van der Waals surface area contributed by atoms with Crippen LogP contribution in [0.5, 0.6) is 0 Å². The van der Waals surface area contributed by atoms with Crippen molar-refractivity contribution in [3.63, 3.8) is 0 Å². The summed E-state index contributed by atoms with van der Waals surface area (Å²) < 4.78 is 0.